The molecule has 34 heavy (non-hydrogen) atoms. The van der Waals surface area contributed by atoms with E-state index in [0.29, 0.717) is 27.9 Å². The van der Waals surface area contributed by atoms with Gasteiger partial charge in [0.15, 0.2) is 0 Å². The van der Waals surface area contributed by atoms with Gasteiger partial charge in [0.2, 0.25) is 5.91 Å². The van der Waals surface area contributed by atoms with Crippen molar-refractivity contribution in [3.8, 4) is 5.75 Å². The topological polar surface area (TPSA) is 97.1 Å². The second kappa shape index (κ2) is 12.8. The van der Waals surface area contributed by atoms with Crippen molar-refractivity contribution in [2.75, 3.05) is 52.7 Å². The summed E-state index contributed by atoms with van der Waals surface area (Å²) >= 11 is 6.13. The fraction of sp³-hybridized carbons (Fsp3) is 0.667. The van der Waals surface area contributed by atoms with Gasteiger partial charge < -0.3 is 30.3 Å². The number of carbonyl (C=O) groups excluding carboxylic acids is 2. The Morgan fingerprint density at radius 2 is 1.85 bits per heavy atom. The molecule has 0 aliphatic carbocycles. The number of carbonyl (C=O) groups is 2. The first kappa shape index (κ1) is 28.5. The van der Waals surface area contributed by atoms with E-state index in [1.54, 1.807) is 19.2 Å². The third-order valence-electron chi connectivity index (χ3n) is 6.76. The second-order valence-electron chi connectivity index (χ2n) is 9.40. The molecule has 2 heterocycles. The summed E-state index contributed by atoms with van der Waals surface area (Å²) in [6.45, 7) is 8.23. The molecule has 8 nitrogen and oxygen atoms in total. The Labute approximate surface area is 213 Å². The van der Waals surface area contributed by atoms with Crippen molar-refractivity contribution in [3.05, 3.63) is 22.7 Å². The molecular weight excluding hydrogens is 479 g/mol. The number of piperidine rings is 2. The first-order valence-electron chi connectivity index (χ1n) is 11.7. The molecule has 2 atom stereocenters. The predicted octanol–water partition coefficient (Wildman–Crippen LogP) is 3.07. The molecule has 1 aromatic rings. The number of benzene rings is 1. The van der Waals surface area contributed by atoms with Crippen LogP contribution in [0.1, 0.15) is 43.5 Å². The predicted molar refractivity (Wildman–Crippen MR) is 137 cm³/mol. The highest BCUT2D eigenvalue weighted by Crippen LogP contribution is 2.29. The van der Waals surface area contributed by atoms with Crippen LogP contribution in [0, 0.1) is 11.8 Å². The SMILES string of the molecule is COc1cc(N)c(Cl)cc1C(=O)N[C@H]1CCN(CC2CCN(C(=O)C(C)C)CC2)C[C@H]1OC.Cl. The molecule has 0 spiro atoms. The molecule has 2 amide bonds. The van der Waals surface area contributed by atoms with Crippen LogP contribution in [0.25, 0.3) is 0 Å². The van der Waals surface area contributed by atoms with Crippen molar-refractivity contribution >= 4 is 41.5 Å². The van der Waals surface area contributed by atoms with Crippen LogP contribution in [0.5, 0.6) is 5.75 Å². The molecule has 192 valence electrons. The Balaban J connectivity index is 0.00000408. The molecule has 1 aromatic carbocycles. The van der Waals surface area contributed by atoms with E-state index >= 15 is 0 Å². The van der Waals surface area contributed by atoms with E-state index in [9.17, 15) is 9.59 Å². The number of nitrogens with two attached hydrogens (primary N) is 1. The third-order valence-corrected chi connectivity index (χ3v) is 7.09. The highest BCUT2D eigenvalue weighted by Gasteiger charge is 2.33. The van der Waals surface area contributed by atoms with Gasteiger partial charge in [-0.1, -0.05) is 25.4 Å². The molecular formula is C24H38Cl2N4O4. The zero-order valence-corrected chi connectivity index (χ0v) is 22.1. The van der Waals surface area contributed by atoms with E-state index in [0.717, 1.165) is 52.0 Å². The molecule has 2 fully saturated rings. The Kier molecular flexibility index (Phi) is 10.7. The quantitative estimate of drug-likeness (QED) is 0.540. The summed E-state index contributed by atoms with van der Waals surface area (Å²) < 4.78 is 11.1. The minimum atomic E-state index is -0.253. The number of methoxy groups -OCH3 is 2. The number of hydrogen-bond donors (Lipinski definition) is 2. The zero-order chi connectivity index (χ0) is 24.1. The molecule has 10 heteroatoms. The molecule has 3 rings (SSSR count). The minimum absolute atomic E-state index is 0. The van der Waals surface area contributed by atoms with Crippen LogP contribution in [0.2, 0.25) is 5.02 Å². The van der Waals surface area contributed by atoms with Crippen molar-refractivity contribution in [1.82, 2.24) is 15.1 Å². The molecule has 0 unspecified atom stereocenters. The lowest BCUT2D eigenvalue weighted by Gasteiger charge is -2.41. The maximum Gasteiger partial charge on any atom is 0.255 e. The van der Waals surface area contributed by atoms with Gasteiger partial charge in [-0.25, -0.2) is 0 Å². The summed E-state index contributed by atoms with van der Waals surface area (Å²) in [5, 5.41) is 3.42. The Bertz CT molecular complexity index is 847. The van der Waals surface area contributed by atoms with Crippen LogP contribution in [0.4, 0.5) is 5.69 Å². The molecule has 3 N–H and O–H groups in total. The number of hydrogen-bond acceptors (Lipinski definition) is 6. The van der Waals surface area contributed by atoms with Crippen LogP contribution in [0.15, 0.2) is 12.1 Å². The highest BCUT2D eigenvalue weighted by molar-refractivity contribution is 6.33. The van der Waals surface area contributed by atoms with Crippen LogP contribution in [-0.2, 0) is 9.53 Å². The van der Waals surface area contributed by atoms with Crippen molar-refractivity contribution in [1.29, 1.82) is 0 Å². The molecule has 0 saturated carbocycles. The van der Waals surface area contributed by atoms with E-state index in [2.05, 4.69) is 10.2 Å². The highest BCUT2D eigenvalue weighted by atomic mass is 35.5. The largest absolute Gasteiger partial charge is 0.496 e. The van der Waals surface area contributed by atoms with Gasteiger partial charge in [-0.05, 0) is 31.2 Å². The van der Waals surface area contributed by atoms with Crippen LogP contribution >= 0.6 is 24.0 Å². The molecule has 0 radical (unpaired) electrons. The van der Waals surface area contributed by atoms with Crippen LogP contribution in [0.3, 0.4) is 0 Å². The number of rotatable bonds is 7. The molecule has 0 bridgehead atoms. The number of amides is 2. The number of nitrogen functional groups attached to an aromatic ring is 1. The number of ether oxygens (including phenoxy) is 2. The van der Waals surface area contributed by atoms with Gasteiger partial charge in [0.1, 0.15) is 5.75 Å². The lowest BCUT2D eigenvalue weighted by atomic mass is 9.93. The molecule has 2 aliphatic rings. The summed E-state index contributed by atoms with van der Waals surface area (Å²) in [6, 6.07) is 3.00. The Morgan fingerprint density at radius 3 is 2.44 bits per heavy atom. The van der Waals surface area contributed by atoms with E-state index in [-0.39, 0.29) is 42.3 Å². The normalized spacial score (nSPS) is 21.8. The average molecular weight is 517 g/mol. The summed E-state index contributed by atoms with van der Waals surface area (Å²) in [5.41, 5.74) is 6.56. The van der Waals surface area contributed by atoms with Crippen molar-refractivity contribution in [2.45, 2.75) is 45.3 Å². The fourth-order valence-electron chi connectivity index (χ4n) is 4.78. The van der Waals surface area contributed by atoms with E-state index in [1.807, 2.05) is 18.7 Å². The Hall–Kier alpha value is -1.74. The van der Waals surface area contributed by atoms with Crippen LogP contribution in [-0.4, -0.2) is 80.7 Å². The average Bonchev–Trinajstić information content (AvgIpc) is 2.81. The third kappa shape index (κ3) is 6.90. The standard InChI is InChI=1S/C24H37ClN4O4.ClH/c1-15(2)24(31)29-9-5-16(6-10-29)13-28-8-7-20(22(14-28)33-4)27-23(30)17-11-18(25)19(26)12-21(17)32-3;/h11-12,15-16,20,22H,5-10,13-14,26H2,1-4H3,(H,27,30);1H/t20-,22+;/m0./s1. The monoisotopic (exact) mass is 516 g/mol. The van der Waals surface area contributed by atoms with Crippen LogP contribution < -0.4 is 15.8 Å². The molecule has 0 aromatic heterocycles. The summed E-state index contributed by atoms with van der Waals surface area (Å²) in [4.78, 5) is 29.6. The Morgan fingerprint density at radius 1 is 1.18 bits per heavy atom. The second-order valence-corrected chi connectivity index (χ2v) is 9.81. The van der Waals surface area contributed by atoms with Crippen molar-refractivity contribution < 1.29 is 19.1 Å². The van der Waals surface area contributed by atoms with Gasteiger partial charge in [-0.3, -0.25) is 9.59 Å². The maximum atomic E-state index is 13.0. The summed E-state index contributed by atoms with van der Waals surface area (Å²) in [6.07, 6.45) is 2.75. The number of nitrogens with one attached hydrogen (secondary N) is 1. The zero-order valence-electron chi connectivity index (χ0n) is 20.5. The first-order chi connectivity index (χ1) is 15.7. The van der Waals surface area contributed by atoms with Crippen molar-refractivity contribution in [2.24, 2.45) is 11.8 Å². The van der Waals surface area contributed by atoms with Crippen molar-refractivity contribution in [3.63, 3.8) is 0 Å². The summed E-state index contributed by atoms with van der Waals surface area (Å²) in [7, 11) is 3.18. The number of halogens is 2. The maximum absolute atomic E-state index is 13.0. The van der Waals surface area contributed by atoms with Gasteiger partial charge in [-0.2, -0.15) is 0 Å². The summed E-state index contributed by atoms with van der Waals surface area (Å²) in [5.74, 6) is 1.02. The van der Waals surface area contributed by atoms with Gasteiger partial charge in [-0.15, -0.1) is 12.4 Å². The van der Waals surface area contributed by atoms with E-state index < -0.39 is 0 Å². The van der Waals surface area contributed by atoms with Gasteiger partial charge >= 0.3 is 0 Å². The number of anilines is 1. The van der Waals surface area contributed by atoms with Gasteiger partial charge in [0.25, 0.3) is 5.91 Å². The van der Waals surface area contributed by atoms with Gasteiger partial charge in [0, 0.05) is 51.8 Å². The lowest BCUT2D eigenvalue weighted by molar-refractivity contribution is -0.136. The smallest absolute Gasteiger partial charge is 0.255 e. The van der Waals surface area contributed by atoms with Gasteiger partial charge in [0.05, 0.1) is 35.5 Å². The lowest BCUT2D eigenvalue weighted by Crippen LogP contribution is -2.55. The van der Waals surface area contributed by atoms with E-state index in [4.69, 9.17) is 26.8 Å². The number of likely N-dealkylation sites (tertiary alicyclic amines) is 2. The molecule has 2 aliphatic heterocycles. The van der Waals surface area contributed by atoms with E-state index in [1.165, 1.54) is 7.11 Å². The first-order valence-corrected chi connectivity index (χ1v) is 12.1. The number of nitrogens with zero attached hydrogens (tertiary/aromatic N) is 2. The fourth-order valence-corrected chi connectivity index (χ4v) is 4.94. The molecule has 2 saturated heterocycles. The minimum Gasteiger partial charge on any atom is -0.496 e.